The molecule has 1 aliphatic rings. The Morgan fingerprint density at radius 1 is 1.38 bits per heavy atom. The van der Waals surface area contributed by atoms with Crippen molar-refractivity contribution in [2.75, 3.05) is 13.7 Å². The third-order valence-electron chi connectivity index (χ3n) is 3.58. The highest BCUT2D eigenvalue weighted by Gasteiger charge is 2.49. The third-order valence-corrected chi connectivity index (χ3v) is 3.58. The first-order chi connectivity index (χ1) is 9.80. The zero-order valence-corrected chi connectivity index (χ0v) is 11.4. The van der Waals surface area contributed by atoms with Crippen LogP contribution in [0.5, 0.6) is 0 Å². The number of carbonyl (C=O) groups is 1. The highest BCUT2D eigenvalue weighted by molar-refractivity contribution is 5.85. The first-order valence-electron chi connectivity index (χ1n) is 6.42. The lowest BCUT2D eigenvalue weighted by atomic mass is 10.1. The van der Waals surface area contributed by atoms with Crippen molar-refractivity contribution in [2.24, 2.45) is 5.41 Å². The van der Waals surface area contributed by atoms with Crippen LogP contribution < -0.4 is 5.32 Å². The molecular formula is C14H15F4NO2. The summed E-state index contributed by atoms with van der Waals surface area (Å²) in [6, 6.07) is 3.02. The lowest BCUT2D eigenvalue weighted by molar-refractivity contribution is -0.140. The summed E-state index contributed by atoms with van der Waals surface area (Å²) < 4.78 is 56.5. The van der Waals surface area contributed by atoms with Gasteiger partial charge < -0.3 is 10.1 Å². The van der Waals surface area contributed by atoms with Gasteiger partial charge in [-0.25, -0.2) is 4.39 Å². The molecule has 1 aromatic carbocycles. The SMILES string of the molecule is COCC1(C(=O)NCc2cccc(C(F)(F)F)c2F)CC1. The zero-order chi connectivity index (χ0) is 15.7. The van der Waals surface area contributed by atoms with Gasteiger partial charge >= 0.3 is 6.18 Å². The van der Waals surface area contributed by atoms with E-state index < -0.39 is 23.0 Å². The van der Waals surface area contributed by atoms with Crippen LogP contribution in [0.15, 0.2) is 18.2 Å². The summed E-state index contributed by atoms with van der Waals surface area (Å²) >= 11 is 0. The van der Waals surface area contributed by atoms with E-state index in [1.54, 1.807) is 0 Å². The van der Waals surface area contributed by atoms with Gasteiger partial charge in [0, 0.05) is 19.2 Å². The summed E-state index contributed by atoms with van der Waals surface area (Å²) in [4.78, 5) is 11.9. The summed E-state index contributed by atoms with van der Waals surface area (Å²) in [5.41, 5.74) is -2.12. The number of methoxy groups -OCH3 is 1. The van der Waals surface area contributed by atoms with Crippen LogP contribution in [0.2, 0.25) is 0 Å². The first-order valence-corrected chi connectivity index (χ1v) is 6.42. The summed E-state index contributed by atoms with van der Waals surface area (Å²) in [6.45, 7) is -0.0239. The second-order valence-corrected chi connectivity index (χ2v) is 5.17. The minimum Gasteiger partial charge on any atom is -0.384 e. The Labute approximate surface area is 119 Å². The molecule has 1 amide bonds. The van der Waals surface area contributed by atoms with Crippen molar-refractivity contribution in [1.29, 1.82) is 0 Å². The van der Waals surface area contributed by atoms with Crippen LogP contribution in [0, 0.1) is 11.2 Å². The number of hydrogen-bond donors (Lipinski definition) is 1. The van der Waals surface area contributed by atoms with Gasteiger partial charge in [0.1, 0.15) is 5.82 Å². The summed E-state index contributed by atoms with van der Waals surface area (Å²) in [6.07, 6.45) is -3.42. The molecule has 0 bridgehead atoms. The molecule has 1 aromatic rings. The minimum absolute atomic E-state index is 0.189. The summed E-state index contributed by atoms with van der Waals surface area (Å²) in [7, 11) is 1.47. The van der Waals surface area contributed by atoms with Gasteiger partial charge in [0.25, 0.3) is 0 Å². The van der Waals surface area contributed by atoms with E-state index in [-0.39, 0.29) is 24.6 Å². The molecule has 1 aliphatic carbocycles. The van der Waals surface area contributed by atoms with E-state index in [0.717, 1.165) is 6.07 Å². The second kappa shape index (κ2) is 5.63. The van der Waals surface area contributed by atoms with E-state index in [1.165, 1.54) is 13.2 Å². The number of nitrogens with one attached hydrogen (secondary N) is 1. The molecule has 1 N–H and O–H groups in total. The number of amides is 1. The molecule has 0 heterocycles. The number of halogens is 4. The lowest BCUT2D eigenvalue weighted by Crippen LogP contribution is -2.34. The molecule has 0 aromatic heterocycles. The van der Waals surface area contributed by atoms with Gasteiger partial charge in [-0.2, -0.15) is 13.2 Å². The van der Waals surface area contributed by atoms with E-state index >= 15 is 0 Å². The first kappa shape index (κ1) is 15.8. The van der Waals surface area contributed by atoms with E-state index in [4.69, 9.17) is 4.74 Å². The third kappa shape index (κ3) is 3.34. The average molecular weight is 305 g/mol. The van der Waals surface area contributed by atoms with E-state index in [0.29, 0.717) is 18.9 Å². The highest BCUT2D eigenvalue weighted by Crippen LogP contribution is 2.46. The van der Waals surface area contributed by atoms with Crippen LogP contribution in [0.3, 0.4) is 0 Å². The molecule has 3 nitrogen and oxygen atoms in total. The molecule has 21 heavy (non-hydrogen) atoms. The molecule has 0 radical (unpaired) electrons. The fourth-order valence-electron chi connectivity index (χ4n) is 2.16. The molecular weight excluding hydrogens is 290 g/mol. The predicted octanol–water partition coefficient (Wildman–Crippen LogP) is 2.89. The number of ether oxygens (including phenoxy) is 1. The van der Waals surface area contributed by atoms with Crippen LogP contribution in [-0.4, -0.2) is 19.6 Å². The van der Waals surface area contributed by atoms with Crippen molar-refractivity contribution in [3.8, 4) is 0 Å². The Bertz CT molecular complexity index is 538. The minimum atomic E-state index is -4.75. The normalized spacial score (nSPS) is 16.6. The van der Waals surface area contributed by atoms with Crippen molar-refractivity contribution in [1.82, 2.24) is 5.32 Å². The molecule has 0 atom stereocenters. The Morgan fingerprint density at radius 2 is 2.05 bits per heavy atom. The summed E-state index contributed by atoms with van der Waals surface area (Å²) in [5, 5.41) is 2.48. The molecule has 0 aliphatic heterocycles. The van der Waals surface area contributed by atoms with Crippen LogP contribution in [0.25, 0.3) is 0 Å². The van der Waals surface area contributed by atoms with Gasteiger partial charge in [0.2, 0.25) is 5.91 Å². The smallest absolute Gasteiger partial charge is 0.384 e. The Balaban J connectivity index is 2.06. The van der Waals surface area contributed by atoms with E-state index in [1.807, 2.05) is 0 Å². The number of hydrogen-bond acceptors (Lipinski definition) is 2. The Hall–Kier alpha value is -1.63. The quantitative estimate of drug-likeness (QED) is 0.850. The highest BCUT2D eigenvalue weighted by atomic mass is 19.4. The van der Waals surface area contributed by atoms with Crippen LogP contribution in [0.1, 0.15) is 24.0 Å². The van der Waals surface area contributed by atoms with Gasteiger partial charge in [-0.15, -0.1) is 0 Å². The van der Waals surface area contributed by atoms with Crippen LogP contribution in [0.4, 0.5) is 17.6 Å². The number of rotatable bonds is 5. The van der Waals surface area contributed by atoms with E-state index in [2.05, 4.69) is 5.32 Å². The van der Waals surface area contributed by atoms with Crippen molar-refractivity contribution < 1.29 is 27.1 Å². The van der Waals surface area contributed by atoms with Crippen LogP contribution in [-0.2, 0) is 22.3 Å². The van der Waals surface area contributed by atoms with E-state index in [9.17, 15) is 22.4 Å². The van der Waals surface area contributed by atoms with Crippen molar-refractivity contribution in [2.45, 2.75) is 25.6 Å². The number of benzene rings is 1. The fourth-order valence-corrected chi connectivity index (χ4v) is 2.16. The Kier molecular flexibility index (Phi) is 4.22. The van der Waals surface area contributed by atoms with Gasteiger partial charge in [0.05, 0.1) is 17.6 Å². The molecule has 2 rings (SSSR count). The molecule has 1 fully saturated rings. The van der Waals surface area contributed by atoms with Crippen molar-refractivity contribution in [3.63, 3.8) is 0 Å². The van der Waals surface area contributed by atoms with Crippen LogP contribution >= 0.6 is 0 Å². The topological polar surface area (TPSA) is 38.3 Å². The number of carbonyl (C=O) groups excluding carboxylic acids is 1. The largest absolute Gasteiger partial charge is 0.419 e. The monoisotopic (exact) mass is 305 g/mol. The maximum absolute atomic E-state index is 13.8. The van der Waals surface area contributed by atoms with Gasteiger partial charge in [-0.1, -0.05) is 12.1 Å². The fraction of sp³-hybridized carbons (Fsp3) is 0.500. The average Bonchev–Trinajstić information content (AvgIpc) is 3.17. The maximum atomic E-state index is 13.8. The molecule has 1 saturated carbocycles. The Morgan fingerprint density at radius 3 is 2.57 bits per heavy atom. The molecule has 0 saturated heterocycles. The molecule has 0 spiro atoms. The van der Waals surface area contributed by atoms with Crippen molar-refractivity contribution in [3.05, 3.63) is 35.1 Å². The number of alkyl halides is 3. The van der Waals surface area contributed by atoms with Crippen molar-refractivity contribution >= 4 is 5.91 Å². The van der Waals surface area contributed by atoms with Gasteiger partial charge in [0.15, 0.2) is 0 Å². The summed E-state index contributed by atoms with van der Waals surface area (Å²) in [5.74, 6) is -1.66. The lowest BCUT2D eigenvalue weighted by Gasteiger charge is -2.15. The molecule has 116 valence electrons. The predicted molar refractivity (Wildman–Crippen MR) is 66.8 cm³/mol. The molecule has 0 unspecified atom stereocenters. The zero-order valence-electron chi connectivity index (χ0n) is 11.4. The standard InChI is InChI=1S/C14H15F4NO2/c1-21-8-13(5-6-13)12(20)19-7-9-3-2-4-10(11(9)15)14(16,17)18/h2-4H,5-8H2,1H3,(H,19,20). The van der Waals surface area contributed by atoms with Gasteiger partial charge in [-0.05, 0) is 18.9 Å². The maximum Gasteiger partial charge on any atom is 0.419 e. The molecule has 7 heteroatoms. The second-order valence-electron chi connectivity index (χ2n) is 5.17. The van der Waals surface area contributed by atoms with Gasteiger partial charge in [-0.3, -0.25) is 4.79 Å².